The third-order valence-electron chi connectivity index (χ3n) is 5.41. The van der Waals surface area contributed by atoms with Crippen LogP contribution in [0.1, 0.15) is 36.0 Å². The minimum absolute atomic E-state index is 0.0447. The first-order valence-corrected chi connectivity index (χ1v) is 10.5. The highest BCUT2D eigenvalue weighted by Crippen LogP contribution is 2.29. The number of amides is 3. The van der Waals surface area contributed by atoms with Gasteiger partial charge in [-0.1, -0.05) is 17.7 Å². The van der Waals surface area contributed by atoms with E-state index in [0.29, 0.717) is 22.0 Å². The summed E-state index contributed by atoms with van der Waals surface area (Å²) >= 11 is 5.97. The van der Waals surface area contributed by atoms with Crippen molar-refractivity contribution in [2.24, 2.45) is 0 Å². The summed E-state index contributed by atoms with van der Waals surface area (Å²) in [6.07, 6.45) is 4.37. The van der Waals surface area contributed by atoms with Gasteiger partial charge in [-0.15, -0.1) is 0 Å². The fraction of sp³-hybridized carbons (Fsp3) is 0.364. The summed E-state index contributed by atoms with van der Waals surface area (Å²) < 4.78 is 0. The van der Waals surface area contributed by atoms with Gasteiger partial charge < -0.3 is 20.4 Å². The molecule has 4 rings (SSSR count). The van der Waals surface area contributed by atoms with Crippen molar-refractivity contribution in [2.45, 2.75) is 25.7 Å². The number of likely N-dealkylation sites (tertiary alicyclic amines) is 1. The molecule has 2 aliphatic heterocycles. The number of nitrogens with zero attached hydrogens (tertiary/aromatic N) is 2. The zero-order chi connectivity index (χ0) is 20.2. The number of carbonyl (C=O) groups is 2. The third kappa shape index (κ3) is 4.65. The predicted octanol–water partition coefficient (Wildman–Crippen LogP) is 4.82. The van der Waals surface area contributed by atoms with Gasteiger partial charge in [-0.2, -0.15) is 0 Å². The molecule has 0 aliphatic carbocycles. The number of hydrogen-bond acceptors (Lipinski definition) is 3. The van der Waals surface area contributed by atoms with Gasteiger partial charge in [-0.25, -0.2) is 4.79 Å². The fourth-order valence-corrected chi connectivity index (χ4v) is 4.16. The normalized spacial score (nSPS) is 16.2. The first kappa shape index (κ1) is 19.6. The Hall–Kier alpha value is -2.73. The topological polar surface area (TPSA) is 64.7 Å². The van der Waals surface area contributed by atoms with Crippen molar-refractivity contribution < 1.29 is 9.59 Å². The SMILES string of the molecule is O=C(Nc1cccc(Cl)c1)Nc1ccc(N2CCCC2)c(C(=O)N2CCCC2)c1. The van der Waals surface area contributed by atoms with Crippen molar-refractivity contribution in [3.63, 3.8) is 0 Å². The number of anilines is 3. The lowest BCUT2D eigenvalue weighted by Gasteiger charge is -2.24. The van der Waals surface area contributed by atoms with Gasteiger partial charge in [0.15, 0.2) is 0 Å². The summed E-state index contributed by atoms with van der Waals surface area (Å²) in [5, 5.41) is 6.15. The molecular weight excluding hydrogens is 388 g/mol. The van der Waals surface area contributed by atoms with Gasteiger partial charge in [0.25, 0.3) is 5.91 Å². The van der Waals surface area contributed by atoms with E-state index >= 15 is 0 Å². The maximum absolute atomic E-state index is 13.1. The van der Waals surface area contributed by atoms with Crippen molar-refractivity contribution >= 4 is 40.6 Å². The highest BCUT2D eigenvalue weighted by Gasteiger charge is 2.25. The highest BCUT2D eigenvalue weighted by atomic mass is 35.5. The number of urea groups is 1. The number of hydrogen-bond donors (Lipinski definition) is 2. The van der Waals surface area contributed by atoms with Crippen molar-refractivity contribution in [2.75, 3.05) is 41.7 Å². The molecule has 2 N–H and O–H groups in total. The average molecular weight is 413 g/mol. The molecule has 2 fully saturated rings. The van der Waals surface area contributed by atoms with Crippen LogP contribution in [0.25, 0.3) is 0 Å². The van der Waals surface area contributed by atoms with E-state index in [1.54, 1.807) is 30.3 Å². The van der Waals surface area contributed by atoms with E-state index in [1.807, 2.05) is 17.0 Å². The Balaban J connectivity index is 1.54. The molecule has 152 valence electrons. The average Bonchev–Trinajstić information content (AvgIpc) is 3.41. The first-order valence-electron chi connectivity index (χ1n) is 10.1. The van der Waals surface area contributed by atoms with Crippen LogP contribution in [0.3, 0.4) is 0 Å². The molecule has 2 aliphatic rings. The monoisotopic (exact) mass is 412 g/mol. The molecule has 0 saturated carbocycles. The summed E-state index contributed by atoms with van der Waals surface area (Å²) in [5.41, 5.74) is 2.82. The van der Waals surface area contributed by atoms with E-state index in [4.69, 9.17) is 11.6 Å². The van der Waals surface area contributed by atoms with Crippen molar-refractivity contribution in [3.05, 3.63) is 53.1 Å². The van der Waals surface area contributed by atoms with Crippen molar-refractivity contribution in [1.29, 1.82) is 0 Å². The Kier molecular flexibility index (Phi) is 5.90. The first-order chi connectivity index (χ1) is 14.1. The molecule has 29 heavy (non-hydrogen) atoms. The number of nitrogens with one attached hydrogen (secondary N) is 2. The fourth-order valence-electron chi connectivity index (χ4n) is 3.97. The van der Waals surface area contributed by atoms with E-state index in [9.17, 15) is 9.59 Å². The Morgan fingerprint density at radius 2 is 1.48 bits per heavy atom. The van der Waals surface area contributed by atoms with Gasteiger partial charge in [0.2, 0.25) is 0 Å². The lowest BCUT2D eigenvalue weighted by molar-refractivity contribution is 0.0793. The Labute approximate surface area is 175 Å². The van der Waals surface area contributed by atoms with Gasteiger partial charge in [0.1, 0.15) is 0 Å². The smallest absolute Gasteiger partial charge is 0.323 e. The molecule has 3 amide bonds. The van der Waals surface area contributed by atoms with Crippen LogP contribution in [-0.2, 0) is 0 Å². The van der Waals surface area contributed by atoms with Crippen molar-refractivity contribution in [1.82, 2.24) is 4.90 Å². The van der Waals surface area contributed by atoms with Gasteiger partial charge in [-0.05, 0) is 62.1 Å². The molecule has 0 radical (unpaired) electrons. The summed E-state index contributed by atoms with van der Waals surface area (Å²) in [4.78, 5) is 29.7. The Bertz CT molecular complexity index is 905. The molecule has 2 saturated heterocycles. The summed E-state index contributed by atoms with van der Waals surface area (Å²) in [7, 11) is 0. The molecule has 6 nitrogen and oxygen atoms in total. The van der Waals surface area contributed by atoms with Crippen LogP contribution in [-0.4, -0.2) is 43.0 Å². The molecule has 0 spiro atoms. The minimum Gasteiger partial charge on any atom is -0.371 e. The van der Waals surface area contributed by atoms with E-state index < -0.39 is 0 Å². The van der Waals surface area contributed by atoms with Crippen LogP contribution in [0.2, 0.25) is 5.02 Å². The van der Waals surface area contributed by atoms with Crippen LogP contribution < -0.4 is 15.5 Å². The lowest BCUT2D eigenvalue weighted by Crippen LogP contribution is -2.30. The molecule has 0 aromatic heterocycles. The van der Waals surface area contributed by atoms with Crippen LogP contribution in [0.15, 0.2) is 42.5 Å². The molecule has 2 aromatic rings. The third-order valence-corrected chi connectivity index (χ3v) is 5.64. The van der Waals surface area contributed by atoms with Crippen molar-refractivity contribution in [3.8, 4) is 0 Å². The van der Waals surface area contributed by atoms with Gasteiger partial charge in [0, 0.05) is 48.3 Å². The minimum atomic E-state index is -0.374. The zero-order valence-electron chi connectivity index (χ0n) is 16.3. The zero-order valence-corrected chi connectivity index (χ0v) is 17.0. The standard InChI is InChI=1S/C22H25ClN4O2/c23-16-6-5-7-17(14-16)24-22(29)25-18-8-9-20(26-10-1-2-11-26)19(15-18)21(28)27-12-3-4-13-27/h5-9,14-15H,1-4,10-13H2,(H2,24,25,29). The molecule has 0 unspecified atom stereocenters. The van der Waals surface area contributed by atoms with Crippen LogP contribution in [0.5, 0.6) is 0 Å². The quantitative estimate of drug-likeness (QED) is 0.756. The molecular formula is C22H25ClN4O2. The lowest BCUT2D eigenvalue weighted by atomic mass is 10.1. The van der Waals surface area contributed by atoms with Crippen LogP contribution >= 0.6 is 11.6 Å². The Morgan fingerprint density at radius 3 is 2.17 bits per heavy atom. The number of rotatable bonds is 4. The maximum Gasteiger partial charge on any atom is 0.323 e. The second-order valence-electron chi connectivity index (χ2n) is 7.51. The Morgan fingerprint density at radius 1 is 0.828 bits per heavy atom. The number of carbonyl (C=O) groups excluding carboxylic acids is 2. The number of halogens is 1. The number of benzene rings is 2. The predicted molar refractivity (Wildman–Crippen MR) is 117 cm³/mol. The second kappa shape index (κ2) is 8.74. The molecule has 2 heterocycles. The van der Waals surface area contributed by atoms with E-state index in [2.05, 4.69) is 15.5 Å². The van der Waals surface area contributed by atoms with E-state index in [0.717, 1.165) is 57.5 Å². The van der Waals surface area contributed by atoms with Gasteiger partial charge >= 0.3 is 6.03 Å². The summed E-state index contributed by atoms with van der Waals surface area (Å²) in [5.74, 6) is 0.0447. The summed E-state index contributed by atoms with van der Waals surface area (Å²) in [6.45, 7) is 3.51. The second-order valence-corrected chi connectivity index (χ2v) is 7.95. The molecule has 2 aromatic carbocycles. The van der Waals surface area contributed by atoms with E-state index in [-0.39, 0.29) is 11.9 Å². The van der Waals surface area contributed by atoms with E-state index in [1.165, 1.54) is 0 Å². The van der Waals surface area contributed by atoms with Gasteiger partial charge in [-0.3, -0.25) is 4.79 Å². The maximum atomic E-state index is 13.1. The highest BCUT2D eigenvalue weighted by molar-refractivity contribution is 6.30. The van der Waals surface area contributed by atoms with Crippen LogP contribution in [0.4, 0.5) is 21.9 Å². The molecule has 7 heteroatoms. The van der Waals surface area contributed by atoms with Gasteiger partial charge in [0.05, 0.1) is 5.56 Å². The molecule has 0 atom stereocenters. The molecule has 0 bridgehead atoms. The van der Waals surface area contributed by atoms with Crippen LogP contribution in [0, 0.1) is 0 Å². The largest absolute Gasteiger partial charge is 0.371 e. The summed E-state index contributed by atoms with van der Waals surface area (Å²) in [6, 6.07) is 12.2.